The van der Waals surface area contributed by atoms with Crippen molar-refractivity contribution in [3.05, 3.63) is 58.5 Å². The van der Waals surface area contributed by atoms with Crippen molar-refractivity contribution in [2.45, 2.75) is 18.7 Å². The van der Waals surface area contributed by atoms with E-state index >= 15 is 0 Å². The third kappa shape index (κ3) is 4.14. The number of benzene rings is 1. The normalized spacial score (nSPS) is 11.8. The third-order valence-corrected chi connectivity index (χ3v) is 7.01. The Labute approximate surface area is 172 Å². The van der Waals surface area contributed by atoms with Gasteiger partial charge in [-0.25, -0.2) is 18.1 Å². The highest BCUT2D eigenvalue weighted by molar-refractivity contribution is 7.89. The monoisotopic (exact) mass is 428 g/mol. The van der Waals surface area contributed by atoms with Crippen LogP contribution in [-0.4, -0.2) is 41.1 Å². The Hall–Kier alpha value is -2.82. The van der Waals surface area contributed by atoms with Crippen LogP contribution in [0.5, 0.6) is 0 Å². The van der Waals surface area contributed by atoms with Crippen LogP contribution in [0.15, 0.2) is 53.7 Å². The fourth-order valence-electron chi connectivity index (χ4n) is 3.02. The molecule has 4 rings (SSSR count). The number of nitrogens with one attached hydrogen (secondary N) is 2. The van der Waals surface area contributed by atoms with E-state index in [1.807, 2.05) is 50.2 Å². The second kappa shape index (κ2) is 7.90. The summed E-state index contributed by atoms with van der Waals surface area (Å²) in [5, 5.41) is 7.41. The molecule has 0 bridgehead atoms. The van der Waals surface area contributed by atoms with Gasteiger partial charge in [-0.15, -0.1) is 11.3 Å². The van der Waals surface area contributed by atoms with Gasteiger partial charge in [-0.05, 0) is 19.9 Å². The summed E-state index contributed by atoms with van der Waals surface area (Å²) in [5.74, 6) is 1.16. The van der Waals surface area contributed by atoms with Crippen LogP contribution in [0.25, 0.3) is 17.0 Å². The largest absolute Gasteiger partial charge is 0.369 e. The van der Waals surface area contributed by atoms with Gasteiger partial charge >= 0.3 is 0 Å². The third-order valence-electron chi connectivity index (χ3n) is 4.33. The Morgan fingerprint density at radius 1 is 1.10 bits per heavy atom. The van der Waals surface area contributed by atoms with Crippen molar-refractivity contribution in [1.29, 1.82) is 0 Å². The summed E-state index contributed by atoms with van der Waals surface area (Å²) in [6.07, 6.45) is 1.44. The van der Waals surface area contributed by atoms with Crippen LogP contribution in [0.4, 0.5) is 5.82 Å². The highest BCUT2D eigenvalue weighted by Crippen LogP contribution is 2.24. The molecule has 2 N–H and O–H groups in total. The first kappa shape index (κ1) is 19.5. The van der Waals surface area contributed by atoms with Gasteiger partial charge in [0.25, 0.3) is 5.78 Å². The maximum atomic E-state index is 12.5. The van der Waals surface area contributed by atoms with Crippen molar-refractivity contribution in [2.75, 3.05) is 18.4 Å². The zero-order valence-electron chi connectivity index (χ0n) is 16.0. The molecule has 0 amide bonds. The minimum atomic E-state index is -3.53. The molecule has 0 unspecified atom stereocenters. The Morgan fingerprint density at radius 2 is 1.90 bits per heavy atom. The Kier molecular flexibility index (Phi) is 5.31. The zero-order chi connectivity index (χ0) is 20.4. The summed E-state index contributed by atoms with van der Waals surface area (Å²) in [5.41, 5.74) is 1.73. The summed E-state index contributed by atoms with van der Waals surface area (Å²) >= 11 is 1.47. The number of fused-ring (bicyclic) bond motifs is 1. The number of nitrogens with zero attached hydrogens (tertiary/aromatic N) is 4. The standard InChI is InChI=1S/C19H20N6O2S2/c1-13-10-17(14(2)28-13)29(26,27)23-9-8-20-18-11-16(15-6-4-3-5-7-15)24-19-21-12-22-25(18)19/h3-7,10-12,20,23H,8-9H2,1-2H3. The topological polar surface area (TPSA) is 101 Å². The van der Waals surface area contributed by atoms with Crippen molar-refractivity contribution in [2.24, 2.45) is 0 Å². The highest BCUT2D eigenvalue weighted by Gasteiger charge is 2.18. The van der Waals surface area contributed by atoms with Gasteiger partial charge in [-0.1, -0.05) is 30.3 Å². The molecule has 0 saturated carbocycles. The van der Waals surface area contributed by atoms with E-state index in [0.717, 1.165) is 21.0 Å². The summed E-state index contributed by atoms with van der Waals surface area (Å²) in [4.78, 5) is 10.8. The number of aryl methyl sites for hydroxylation is 2. The van der Waals surface area contributed by atoms with Gasteiger partial charge in [0.1, 0.15) is 12.1 Å². The highest BCUT2D eigenvalue weighted by atomic mass is 32.2. The van der Waals surface area contributed by atoms with Crippen molar-refractivity contribution in [1.82, 2.24) is 24.3 Å². The molecule has 150 valence electrons. The SMILES string of the molecule is Cc1cc(S(=O)(=O)NCCNc2cc(-c3ccccc3)nc3ncnn23)c(C)s1. The van der Waals surface area contributed by atoms with Crippen LogP contribution < -0.4 is 10.0 Å². The maximum absolute atomic E-state index is 12.5. The second-order valence-corrected chi connectivity index (χ2v) is 9.66. The van der Waals surface area contributed by atoms with E-state index < -0.39 is 10.0 Å². The molecule has 4 aromatic rings. The summed E-state index contributed by atoms with van der Waals surface area (Å²) in [6.45, 7) is 4.33. The lowest BCUT2D eigenvalue weighted by molar-refractivity contribution is 0.582. The number of aromatic nitrogens is 4. The fourth-order valence-corrected chi connectivity index (χ4v) is 5.61. The quantitative estimate of drug-likeness (QED) is 0.439. The minimum Gasteiger partial charge on any atom is -0.369 e. The molecule has 0 aliphatic rings. The molecule has 0 aliphatic carbocycles. The van der Waals surface area contributed by atoms with Gasteiger partial charge in [0.15, 0.2) is 0 Å². The van der Waals surface area contributed by atoms with E-state index in [9.17, 15) is 8.42 Å². The van der Waals surface area contributed by atoms with Gasteiger partial charge in [0.2, 0.25) is 10.0 Å². The minimum absolute atomic E-state index is 0.232. The van der Waals surface area contributed by atoms with Gasteiger partial charge in [0, 0.05) is 34.5 Å². The first-order valence-corrected chi connectivity index (χ1v) is 11.3. The molecule has 0 spiro atoms. The lowest BCUT2D eigenvalue weighted by Gasteiger charge is -2.11. The number of sulfonamides is 1. The molecule has 0 fully saturated rings. The van der Waals surface area contributed by atoms with Crippen LogP contribution in [0.2, 0.25) is 0 Å². The molecular formula is C19H20N6O2S2. The van der Waals surface area contributed by atoms with Crippen LogP contribution in [0.1, 0.15) is 9.75 Å². The van der Waals surface area contributed by atoms with E-state index in [2.05, 4.69) is 25.1 Å². The van der Waals surface area contributed by atoms with Crippen LogP contribution in [-0.2, 0) is 10.0 Å². The molecule has 10 heteroatoms. The van der Waals surface area contributed by atoms with Crippen molar-refractivity contribution in [3.63, 3.8) is 0 Å². The van der Waals surface area contributed by atoms with E-state index in [1.165, 1.54) is 17.7 Å². The van der Waals surface area contributed by atoms with Crippen LogP contribution >= 0.6 is 11.3 Å². The van der Waals surface area contributed by atoms with Crippen LogP contribution in [0.3, 0.4) is 0 Å². The first-order valence-electron chi connectivity index (χ1n) is 9.01. The van der Waals surface area contributed by atoms with E-state index in [-0.39, 0.29) is 6.54 Å². The lowest BCUT2D eigenvalue weighted by Crippen LogP contribution is -2.29. The molecule has 0 radical (unpaired) electrons. The smallest absolute Gasteiger partial charge is 0.254 e. The predicted molar refractivity (Wildman–Crippen MR) is 114 cm³/mol. The number of rotatable bonds is 7. The molecule has 0 saturated heterocycles. The molecule has 3 aromatic heterocycles. The average molecular weight is 429 g/mol. The molecule has 1 aromatic carbocycles. The Morgan fingerprint density at radius 3 is 2.62 bits per heavy atom. The second-order valence-electron chi connectivity index (χ2n) is 6.47. The van der Waals surface area contributed by atoms with Gasteiger partial charge < -0.3 is 5.32 Å². The average Bonchev–Trinajstić information content (AvgIpc) is 3.31. The Bertz CT molecular complexity index is 1250. The molecule has 3 heterocycles. The number of hydrogen-bond acceptors (Lipinski definition) is 7. The van der Waals surface area contributed by atoms with E-state index in [0.29, 0.717) is 23.0 Å². The van der Waals surface area contributed by atoms with Crippen molar-refractivity contribution in [3.8, 4) is 11.3 Å². The van der Waals surface area contributed by atoms with E-state index in [1.54, 1.807) is 10.6 Å². The maximum Gasteiger partial charge on any atom is 0.254 e. The molecular weight excluding hydrogens is 408 g/mol. The summed E-state index contributed by atoms with van der Waals surface area (Å²) in [7, 11) is -3.53. The molecule has 0 atom stereocenters. The molecule has 29 heavy (non-hydrogen) atoms. The van der Waals surface area contributed by atoms with Gasteiger partial charge in [-0.3, -0.25) is 0 Å². The van der Waals surface area contributed by atoms with Crippen molar-refractivity contribution < 1.29 is 8.42 Å². The first-order chi connectivity index (χ1) is 13.9. The van der Waals surface area contributed by atoms with Gasteiger partial charge in [-0.2, -0.15) is 14.6 Å². The predicted octanol–water partition coefficient (Wildman–Crippen LogP) is 2.86. The van der Waals surface area contributed by atoms with Gasteiger partial charge in [0.05, 0.1) is 10.6 Å². The number of hydrogen-bond donors (Lipinski definition) is 2. The van der Waals surface area contributed by atoms with Crippen LogP contribution in [0, 0.1) is 13.8 Å². The molecule has 8 nitrogen and oxygen atoms in total. The van der Waals surface area contributed by atoms with Crippen molar-refractivity contribution >= 4 is 33.0 Å². The number of anilines is 1. The zero-order valence-corrected chi connectivity index (χ0v) is 17.6. The Balaban J connectivity index is 1.49. The lowest BCUT2D eigenvalue weighted by atomic mass is 10.1. The summed E-state index contributed by atoms with van der Waals surface area (Å²) in [6, 6.07) is 13.3. The van der Waals surface area contributed by atoms with E-state index in [4.69, 9.17) is 0 Å². The molecule has 0 aliphatic heterocycles. The summed E-state index contributed by atoms with van der Waals surface area (Å²) < 4.78 is 29.3. The number of thiophene rings is 1. The fraction of sp³-hybridized carbons (Fsp3) is 0.211.